The number of aliphatic hydroxyl groups excluding tert-OH is 1. The third-order valence-electron chi connectivity index (χ3n) is 3.57. The van der Waals surface area contributed by atoms with Gasteiger partial charge in [0.05, 0.1) is 12.5 Å². The Morgan fingerprint density at radius 2 is 2.00 bits per heavy atom. The molecule has 19 heavy (non-hydrogen) atoms. The van der Waals surface area contributed by atoms with Gasteiger partial charge in [0.25, 0.3) is 0 Å². The highest BCUT2D eigenvalue weighted by Crippen LogP contribution is 2.29. The first-order valence-electron chi connectivity index (χ1n) is 6.90. The first kappa shape index (κ1) is 16.0. The summed E-state index contributed by atoms with van der Waals surface area (Å²) in [6.07, 6.45) is 2.32. The maximum atomic E-state index is 12.3. The summed E-state index contributed by atoms with van der Waals surface area (Å²) in [7, 11) is 0. The highest BCUT2D eigenvalue weighted by molar-refractivity contribution is 5.78. The Morgan fingerprint density at radius 3 is 2.53 bits per heavy atom. The first-order chi connectivity index (χ1) is 8.71. The number of amides is 1. The van der Waals surface area contributed by atoms with Crippen LogP contribution >= 0.6 is 0 Å². The van der Waals surface area contributed by atoms with Crippen molar-refractivity contribution in [3.63, 3.8) is 0 Å². The van der Waals surface area contributed by atoms with Gasteiger partial charge >= 0.3 is 5.97 Å². The van der Waals surface area contributed by atoms with Crippen LogP contribution in [0.4, 0.5) is 0 Å². The van der Waals surface area contributed by atoms with Crippen LogP contribution in [0.3, 0.4) is 0 Å². The minimum Gasteiger partial charge on any atom is -0.481 e. The Balaban J connectivity index is 2.59. The number of nitrogens with zero attached hydrogens (tertiary/aromatic N) is 1. The first-order valence-corrected chi connectivity index (χ1v) is 6.90. The van der Waals surface area contributed by atoms with Gasteiger partial charge in [-0.2, -0.15) is 0 Å². The van der Waals surface area contributed by atoms with Crippen molar-refractivity contribution in [2.45, 2.75) is 65.0 Å². The molecule has 0 aromatic rings. The van der Waals surface area contributed by atoms with Crippen molar-refractivity contribution in [2.24, 2.45) is 5.41 Å². The smallest absolute Gasteiger partial charge is 0.303 e. The summed E-state index contributed by atoms with van der Waals surface area (Å²) >= 11 is 0. The van der Waals surface area contributed by atoms with E-state index >= 15 is 0 Å². The molecule has 5 heteroatoms. The highest BCUT2D eigenvalue weighted by Gasteiger charge is 2.33. The molecule has 0 aliphatic carbocycles. The Hall–Kier alpha value is -1.10. The fourth-order valence-corrected chi connectivity index (χ4v) is 2.79. The van der Waals surface area contributed by atoms with Crippen molar-refractivity contribution in [3.8, 4) is 0 Å². The van der Waals surface area contributed by atoms with E-state index < -0.39 is 17.5 Å². The molecule has 2 unspecified atom stereocenters. The van der Waals surface area contributed by atoms with Gasteiger partial charge in [-0.1, -0.05) is 13.8 Å². The molecule has 1 aliphatic heterocycles. The number of likely N-dealkylation sites (tertiary alicyclic amines) is 1. The number of hydrogen-bond donors (Lipinski definition) is 2. The Kier molecular flexibility index (Phi) is 5.35. The third-order valence-corrected chi connectivity index (χ3v) is 3.57. The normalized spacial score (nSPS) is 21.5. The predicted octanol–water partition coefficient (Wildman–Crippen LogP) is 1.64. The van der Waals surface area contributed by atoms with Crippen molar-refractivity contribution in [1.82, 2.24) is 4.90 Å². The molecule has 0 aromatic heterocycles. The second-order valence-corrected chi connectivity index (χ2v) is 6.38. The molecule has 2 N–H and O–H groups in total. The van der Waals surface area contributed by atoms with E-state index in [0.29, 0.717) is 6.42 Å². The van der Waals surface area contributed by atoms with Gasteiger partial charge < -0.3 is 15.1 Å². The lowest BCUT2D eigenvalue weighted by molar-refractivity contribution is -0.141. The fraction of sp³-hybridized carbons (Fsp3) is 0.857. The molecule has 1 amide bonds. The van der Waals surface area contributed by atoms with Crippen LogP contribution in [-0.4, -0.2) is 45.7 Å². The zero-order chi connectivity index (χ0) is 14.6. The van der Waals surface area contributed by atoms with Crippen molar-refractivity contribution < 1.29 is 19.8 Å². The van der Waals surface area contributed by atoms with E-state index in [1.807, 2.05) is 4.90 Å². The summed E-state index contributed by atoms with van der Waals surface area (Å²) in [5.74, 6) is -0.867. The molecule has 1 fully saturated rings. The molecular weight excluding hydrogens is 246 g/mol. The second kappa shape index (κ2) is 6.37. The Labute approximate surface area is 114 Å². The van der Waals surface area contributed by atoms with Gasteiger partial charge in [-0.05, 0) is 31.6 Å². The largest absolute Gasteiger partial charge is 0.481 e. The topological polar surface area (TPSA) is 77.8 Å². The van der Waals surface area contributed by atoms with Crippen LogP contribution in [-0.2, 0) is 9.59 Å². The number of carboxylic acids is 1. The molecule has 2 atom stereocenters. The van der Waals surface area contributed by atoms with Crippen LogP contribution in [0.5, 0.6) is 0 Å². The van der Waals surface area contributed by atoms with Gasteiger partial charge in [-0.15, -0.1) is 0 Å². The molecule has 110 valence electrons. The molecule has 1 aliphatic rings. The molecule has 0 radical (unpaired) electrons. The number of aliphatic hydroxyl groups is 1. The molecule has 0 aromatic carbocycles. The fourth-order valence-electron chi connectivity index (χ4n) is 2.79. The van der Waals surface area contributed by atoms with Gasteiger partial charge in [0.15, 0.2) is 0 Å². The maximum absolute atomic E-state index is 12.3. The molecule has 5 nitrogen and oxygen atoms in total. The van der Waals surface area contributed by atoms with E-state index in [9.17, 15) is 14.7 Å². The number of carbonyl (C=O) groups excluding carboxylic acids is 1. The molecule has 1 rings (SSSR count). The average molecular weight is 271 g/mol. The number of aliphatic carboxylic acids is 1. The standard InChI is InChI=1S/C14H25NO4/c1-10(16)7-11-5-4-6-15(11)12(17)8-14(2,3)9-13(18)19/h10-11,16H,4-9H2,1-3H3,(H,18,19). The van der Waals surface area contributed by atoms with E-state index in [2.05, 4.69) is 0 Å². The summed E-state index contributed by atoms with van der Waals surface area (Å²) < 4.78 is 0. The Bertz CT molecular complexity index is 338. The van der Waals surface area contributed by atoms with Crippen LogP contribution in [0.25, 0.3) is 0 Å². The van der Waals surface area contributed by atoms with E-state index in [0.717, 1.165) is 19.4 Å². The van der Waals surface area contributed by atoms with Crippen LogP contribution in [0.1, 0.15) is 52.9 Å². The van der Waals surface area contributed by atoms with E-state index in [1.54, 1.807) is 20.8 Å². The monoisotopic (exact) mass is 271 g/mol. The van der Waals surface area contributed by atoms with Crippen LogP contribution in [0.15, 0.2) is 0 Å². The van der Waals surface area contributed by atoms with Crippen molar-refractivity contribution >= 4 is 11.9 Å². The molecule has 0 spiro atoms. The second-order valence-electron chi connectivity index (χ2n) is 6.38. The zero-order valence-electron chi connectivity index (χ0n) is 12.1. The SMILES string of the molecule is CC(O)CC1CCCN1C(=O)CC(C)(C)CC(=O)O. The molecular formula is C14H25NO4. The van der Waals surface area contributed by atoms with E-state index in [1.165, 1.54) is 0 Å². The van der Waals surface area contributed by atoms with Crippen molar-refractivity contribution in [1.29, 1.82) is 0 Å². The maximum Gasteiger partial charge on any atom is 0.303 e. The lowest BCUT2D eigenvalue weighted by Gasteiger charge is -2.30. The van der Waals surface area contributed by atoms with Crippen LogP contribution < -0.4 is 0 Å². The third kappa shape index (κ3) is 5.19. The minimum atomic E-state index is -0.875. The van der Waals surface area contributed by atoms with Gasteiger partial charge in [0.1, 0.15) is 0 Å². The molecule has 0 bridgehead atoms. The Morgan fingerprint density at radius 1 is 1.37 bits per heavy atom. The predicted molar refractivity (Wildman–Crippen MR) is 71.7 cm³/mol. The summed E-state index contributed by atoms with van der Waals surface area (Å²) in [5.41, 5.74) is -0.527. The van der Waals surface area contributed by atoms with Crippen molar-refractivity contribution in [3.05, 3.63) is 0 Å². The summed E-state index contributed by atoms with van der Waals surface area (Å²) in [6, 6.07) is 0.105. The average Bonchev–Trinajstić information content (AvgIpc) is 2.61. The summed E-state index contributed by atoms with van der Waals surface area (Å²) in [6.45, 7) is 6.06. The van der Waals surface area contributed by atoms with Gasteiger partial charge in [-0.3, -0.25) is 9.59 Å². The minimum absolute atomic E-state index is 0.00630. The quantitative estimate of drug-likeness (QED) is 0.770. The number of hydrogen-bond acceptors (Lipinski definition) is 3. The van der Waals surface area contributed by atoms with Gasteiger partial charge in [0, 0.05) is 19.0 Å². The number of carbonyl (C=O) groups is 2. The number of carboxylic acid groups (broad SMARTS) is 1. The summed E-state index contributed by atoms with van der Waals surface area (Å²) in [4.78, 5) is 24.9. The zero-order valence-corrected chi connectivity index (χ0v) is 12.1. The van der Waals surface area contributed by atoms with Crippen molar-refractivity contribution in [2.75, 3.05) is 6.54 Å². The van der Waals surface area contributed by atoms with Gasteiger partial charge in [-0.25, -0.2) is 0 Å². The highest BCUT2D eigenvalue weighted by atomic mass is 16.4. The molecule has 1 saturated heterocycles. The van der Waals surface area contributed by atoms with Crippen LogP contribution in [0.2, 0.25) is 0 Å². The van der Waals surface area contributed by atoms with E-state index in [4.69, 9.17) is 5.11 Å². The molecule has 1 heterocycles. The lowest BCUT2D eigenvalue weighted by Crippen LogP contribution is -2.39. The summed E-state index contributed by atoms with van der Waals surface area (Å²) in [5, 5.41) is 18.3. The number of rotatable bonds is 6. The lowest BCUT2D eigenvalue weighted by atomic mass is 9.85. The molecule has 0 saturated carbocycles. The van der Waals surface area contributed by atoms with E-state index in [-0.39, 0.29) is 24.8 Å². The van der Waals surface area contributed by atoms with Gasteiger partial charge in [0.2, 0.25) is 5.91 Å². The van der Waals surface area contributed by atoms with Crippen LogP contribution in [0, 0.1) is 5.41 Å².